The molecule has 0 aromatic heterocycles. The number of sulfone groups is 1. The van der Waals surface area contributed by atoms with Crippen molar-refractivity contribution in [1.82, 2.24) is 0 Å². The first-order valence-electron chi connectivity index (χ1n) is 7.00. The largest absolute Gasteiger partial charge is 0.497 e. The molecule has 0 amide bonds. The maximum Gasteiger partial charge on any atom is 0.403 e. The van der Waals surface area contributed by atoms with Crippen LogP contribution in [-0.4, -0.2) is 29.6 Å². The summed E-state index contributed by atoms with van der Waals surface area (Å²) in [7, 11) is 1.30. The Bertz CT molecular complexity index is 905. The molecular weight excluding hydrogens is 350 g/mol. The van der Waals surface area contributed by atoms with Gasteiger partial charge < -0.3 is 9.64 Å². The molecule has 2 rings (SSSR count). The summed E-state index contributed by atoms with van der Waals surface area (Å²) in [5.74, 6) is 0.182. The predicted molar refractivity (Wildman–Crippen MR) is 94.4 cm³/mol. The highest BCUT2D eigenvalue weighted by molar-refractivity contribution is 7.90. The van der Waals surface area contributed by atoms with Gasteiger partial charge in [0.25, 0.3) is 0 Å². The average molecular weight is 367 g/mol. The highest BCUT2D eigenvalue weighted by atomic mass is 35.5. The van der Waals surface area contributed by atoms with E-state index in [1.807, 2.05) is 0 Å². The maximum absolute atomic E-state index is 12.8. The molecule has 0 unspecified atom stereocenters. The molecule has 0 atom stereocenters. The average Bonchev–Trinajstić information content (AvgIpc) is 2.56. The zero-order chi connectivity index (χ0) is 17.9. The number of halogens is 1. The minimum Gasteiger partial charge on any atom is -0.497 e. The normalized spacial score (nSPS) is 11.0. The van der Waals surface area contributed by atoms with Crippen molar-refractivity contribution in [3.05, 3.63) is 52.0 Å². The fourth-order valence-electron chi connectivity index (χ4n) is 2.18. The van der Waals surface area contributed by atoms with Crippen LogP contribution in [0.15, 0.2) is 41.3 Å². The lowest BCUT2D eigenvalue weighted by molar-refractivity contribution is 0.414. The number of nitrogens with zero attached hydrogens (tertiary/aromatic N) is 3. The molecule has 0 bridgehead atoms. The van der Waals surface area contributed by atoms with E-state index in [1.165, 1.54) is 19.2 Å². The third-order valence-corrected chi connectivity index (χ3v) is 5.56. The lowest BCUT2D eigenvalue weighted by Crippen LogP contribution is -2.11. The molecule has 0 saturated carbocycles. The molecule has 0 aliphatic carbocycles. The van der Waals surface area contributed by atoms with Gasteiger partial charge in [-0.2, -0.15) is 0 Å². The van der Waals surface area contributed by atoms with Gasteiger partial charge in [-0.3, -0.25) is 0 Å². The quantitative estimate of drug-likeness (QED) is 0.751. The van der Waals surface area contributed by atoms with Crippen molar-refractivity contribution in [2.45, 2.75) is 10.6 Å². The number of anilines is 1. The zero-order valence-electron chi connectivity index (χ0n) is 13.5. The third-order valence-electron chi connectivity index (χ3n) is 3.50. The molecule has 8 heteroatoms. The van der Waals surface area contributed by atoms with E-state index in [9.17, 15) is 8.42 Å². The van der Waals surface area contributed by atoms with Gasteiger partial charge in [0, 0.05) is 30.9 Å². The van der Waals surface area contributed by atoms with Crippen LogP contribution in [0.3, 0.4) is 0 Å². The number of rotatable bonds is 5. The number of hydrogen-bond donors (Lipinski definition) is 0. The van der Waals surface area contributed by atoms with E-state index in [4.69, 9.17) is 21.7 Å². The van der Waals surface area contributed by atoms with Gasteiger partial charge in [0.2, 0.25) is 5.39 Å². The van der Waals surface area contributed by atoms with Gasteiger partial charge in [0.1, 0.15) is 5.75 Å². The van der Waals surface area contributed by atoms with Crippen molar-refractivity contribution in [2.24, 2.45) is 0 Å². The number of methoxy groups -OCH3 is 1. The molecule has 0 saturated heterocycles. The molecule has 2 aromatic carbocycles. The summed E-state index contributed by atoms with van der Waals surface area (Å²) in [5.41, 5.74) is 1.08. The summed E-state index contributed by atoms with van der Waals surface area (Å²) in [6, 6.07) is 9.41. The highest BCUT2D eigenvalue weighted by Crippen LogP contribution is 2.33. The highest BCUT2D eigenvalue weighted by Gasteiger charge is 2.28. The van der Waals surface area contributed by atoms with Crippen LogP contribution < -0.4 is 9.64 Å². The van der Waals surface area contributed by atoms with Crippen LogP contribution >= 0.6 is 11.6 Å². The molecule has 0 aliphatic heterocycles. The second-order valence-corrected chi connectivity index (χ2v) is 7.73. The molecule has 0 N–H and O–H groups in total. The molecule has 0 radical (unpaired) electrons. The van der Waals surface area contributed by atoms with Crippen LogP contribution in [0.2, 0.25) is 5.02 Å². The predicted octanol–water partition coefficient (Wildman–Crippen LogP) is 3.87. The topological polar surface area (TPSA) is 74.8 Å². The first-order valence-corrected chi connectivity index (χ1v) is 9.03. The SMILES string of the molecule is COc1ccc(Cl)c(CS(=O)(=O)c2cc(N(C)C)ccc2[N+]#N)c1. The lowest BCUT2D eigenvalue weighted by Gasteiger charge is -2.13. The molecule has 126 valence electrons. The van der Waals surface area contributed by atoms with Crippen LogP contribution in [0.1, 0.15) is 5.56 Å². The summed E-state index contributed by atoms with van der Waals surface area (Å²) in [5, 5.41) is 9.44. The molecule has 0 aliphatic rings. The molecule has 2 aromatic rings. The van der Waals surface area contributed by atoms with Crippen LogP contribution in [-0.2, 0) is 15.6 Å². The Kier molecular flexibility index (Phi) is 5.32. The standard InChI is InChI=1S/C16H17ClN3O3S/c1-20(2)12-4-7-15(19-18)16(9-12)24(21,22)10-11-8-13(23-3)5-6-14(11)17/h4-9H,10H2,1-3H3/q+1. The molecule has 24 heavy (non-hydrogen) atoms. The van der Waals surface area contributed by atoms with Crippen molar-refractivity contribution in [3.63, 3.8) is 0 Å². The third kappa shape index (κ3) is 3.78. The Balaban J connectivity index is 2.52. The first kappa shape index (κ1) is 18.0. The fourth-order valence-corrected chi connectivity index (χ4v) is 3.98. The molecule has 0 fully saturated rings. The van der Waals surface area contributed by atoms with Gasteiger partial charge in [-0.1, -0.05) is 11.6 Å². The molecular formula is C16H17ClN3O3S+. The second-order valence-electron chi connectivity index (χ2n) is 5.36. The fraction of sp³-hybridized carbons (Fsp3) is 0.250. The van der Waals surface area contributed by atoms with Gasteiger partial charge >= 0.3 is 5.69 Å². The molecule has 6 nitrogen and oxygen atoms in total. The Labute approximate surface area is 146 Å². The van der Waals surface area contributed by atoms with E-state index < -0.39 is 9.84 Å². The van der Waals surface area contributed by atoms with Gasteiger partial charge in [-0.15, -0.1) is 0 Å². The van der Waals surface area contributed by atoms with Crippen molar-refractivity contribution in [1.29, 1.82) is 5.39 Å². The Morgan fingerprint density at radius 2 is 1.92 bits per heavy atom. The van der Waals surface area contributed by atoms with E-state index in [2.05, 4.69) is 4.98 Å². The summed E-state index contributed by atoms with van der Waals surface area (Å²) >= 11 is 6.10. The van der Waals surface area contributed by atoms with Crippen LogP contribution in [0.5, 0.6) is 5.75 Å². The van der Waals surface area contributed by atoms with Gasteiger partial charge in [0.15, 0.2) is 19.7 Å². The van der Waals surface area contributed by atoms with E-state index in [0.29, 0.717) is 22.0 Å². The summed E-state index contributed by atoms with van der Waals surface area (Å²) in [6.45, 7) is 0. The van der Waals surface area contributed by atoms with Gasteiger partial charge in [-0.25, -0.2) is 8.42 Å². The summed E-state index contributed by atoms with van der Waals surface area (Å²) in [6.07, 6.45) is 0. The van der Waals surface area contributed by atoms with E-state index in [1.54, 1.807) is 43.3 Å². The van der Waals surface area contributed by atoms with Crippen molar-refractivity contribution in [2.75, 3.05) is 26.1 Å². The Morgan fingerprint density at radius 1 is 1.21 bits per heavy atom. The summed E-state index contributed by atoms with van der Waals surface area (Å²) < 4.78 is 30.7. The van der Waals surface area contributed by atoms with Crippen molar-refractivity contribution in [3.8, 4) is 5.75 Å². The molecule has 0 spiro atoms. The lowest BCUT2D eigenvalue weighted by atomic mass is 10.2. The van der Waals surface area contributed by atoms with Gasteiger partial charge in [0.05, 0.1) is 12.9 Å². The van der Waals surface area contributed by atoms with Crippen LogP contribution in [0.25, 0.3) is 4.98 Å². The summed E-state index contributed by atoms with van der Waals surface area (Å²) in [4.78, 5) is 4.78. The van der Waals surface area contributed by atoms with E-state index in [0.717, 1.165) is 0 Å². The van der Waals surface area contributed by atoms with Crippen LogP contribution in [0, 0.1) is 5.39 Å². The monoisotopic (exact) mass is 366 g/mol. The number of benzene rings is 2. The van der Waals surface area contributed by atoms with E-state index >= 15 is 0 Å². The first-order chi connectivity index (χ1) is 11.3. The minimum absolute atomic E-state index is 0.0142. The second kappa shape index (κ2) is 7.07. The maximum atomic E-state index is 12.8. The number of diazo groups is 1. The van der Waals surface area contributed by atoms with E-state index in [-0.39, 0.29) is 16.3 Å². The molecule has 0 heterocycles. The van der Waals surface area contributed by atoms with Gasteiger partial charge in [-0.05, 0) is 35.9 Å². The van der Waals surface area contributed by atoms with Crippen molar-refractivity contribution < 1.29 is 13.2 Å². The minimum atomic E-state index is -3.78. The zero-order valence-corrected chi connectivity index (χ0v) is 15.1. The van der Waals surface area contributed by atoms with Crippen LogP contribution in [0.4, 0.5) is 11.4 Å². The van der Waals surface area contributed by atoms with Crippen molar-refractivity contribution >= 4 is 32.8 Å². The smallest absolute Gasteiger partial charge is 0.403 e. The Morgan fingerprint density at radius 3 is 2.50 bits per heavy atom. The number of ether oxygens (including phenoxy) is 1. The number of hydrogen-bond acceptors (Lipinski definition) is 5. The Hall–Kier alpha value is -2.30.